The minimum Gasteiger partial charge on any atom is -0.496 e. The van der Waals surface area contributed by atoms with Crippen LogP contribution in [0, 0.1) is 5.41 Å². The molecule has 152 valence electrons. The zero-order valence-electron chi connectivity index (χ0n) is 17.2. The van der Waals surface area contributed by atoms with Gasteiger partial charge in [-0.2, -0.15) is 0 Å². The molecule has 0 radical (unpaired) electrons. The van der Waals surface area contributed by atoms with E-state index in [9.17, 15) is 5.11 Å². The molecule has 2 saturated heterocycles. The van der Waals surface area contributed by atoms with Gasteiger partial charge in [-0.05, 0) is 18.6 Å². The summed E-state index contributed by atoms with van der Waals surface area (Å²) in [6.45, 7) is 10.8. The minimum absolute atomic E-state index is 0.210. The van der Waals surface area contributed by atoms with Crippen molar-refractivity contribution in [3.05, 3.63) is 23.8 Å². The number of hydrogen-bond acceptors (Lipinski definition) is 6. The summed E-state index contributed by atoms with van der Waals surface area (Å²) in [5, 5.41) is 11.5. The maximum atomic E-state index is 11.5. The van der Waals surface area contributed by atoms with Crippen molar-refractivity contribution in [1.82, 2.24) is 9.80 Å². The van der Waals surface area contributed by atoms with Gasteiger partial charge in [-0.15, -0.1) is 0 Å². The summed E-state index contributed by atoms with van der Waals surface area (Å²) in [4.78, 5) is 4.73. The van der Waals surface area contributed by atoms with E-state index in [2.05, 4.69) is 23.6 Å². The van der Waals surface area contributed by atoms with Crippen LogP contribution in [0.5, 0.6) is 11.5 Å². The number of piperidine rings is 1. The maximum absolute atomic E-state index is 11.5. The summed E-state index contributed by atoms with van der Waals surface area (Å²) in [7, 11) is 3.39. The zero-order valence-corrected chi connectivity index (χ0v) is 17.2. The van der Waals surface area contributed by atoms with Gasteiger partial charge in [-0.25, -0.2) is 0 Å². The molecule has 1 aromatic carbocycles. The molecule has 2 aliphatic rings. The van der Waals surface area contributed by atoms with E-state index < -0.39 is 5.60 Å². The lowest BCUT2D eigenvalue weighted by Crippen LogP contribution is -2.62. The van der Waals surface area contributed by atoms with Crippen molar-refractivity contribution in [2.24, 2.45) is 5.41 Å². The first-order valence-corrected chi connectivity index (χ1v) is 9.83. The van der Waals surface area contributed by atoms with Gasteiger partial charge in [-0.1, -0.05) is 19.9 Å². The highest BCUT2D eigenvalue weighted by molar-refractivity contribution is 5.44. The first-order chi connectivity index (χ1) is 12.9. The fraction of sp³-hybridized carbons (Fsp3) is 0.714. The molecule has 6 heteroatoms. The van der Waals surface area contributed by atoms with Gasteiger partial charge in [0.15, 0.2) is 0 Å². The molecule has 2 heterocycles. The van der Waals surface area contributed by atoms with E-state index in [1.54, 1.807) is 14.2 Å². The highest BCUT2D eigenvalue weighted by atomic mass is 16.5. The van der Waals surface area contributed by atoms with Crippen LogP contribution in [-0.2, 0) is 11.3 Å². The van der Waals surface area contributed by atoms with Crippen molar-refractivity contribution < 1.29 is 19.3 Å². The van der Waals surface area contributed by atoms with Gasteiger partial charge in [0.2, 0.25) is 0 Å². The molecule has 0 aliphatic carbocycles. The van der Waals surface area contributed by atoms with Crippen molar-refractivity contribution in [1.29, 1.82) is 0 Å². The third-order valence-corrected chi connectivity index (χ3v) is 6.22. The molecule has 27 heavy (non-hydrogen) atoms. The summed E-state index contributed by atoms with van der Waals surface area (Å²) >= 11 is 0. The molecule has 0 aromatic heterocycles. The number of aliphatic hydroxyl groups is 1. The Labute approximate surface area is 163 Å². The van der Waals surface area contributed by atoms with E-state index in [-0.39, 0.29) is 5.41 Å². The largest absolute Gasteiger partial charge is 0.496 e. The van der Waals surface area contributed by atoms with Crippen LogP contribution in [0.15, 0.2) is 18.2 Å². The lowest BCUT2D eigenvalue weighted by molar-refractivity contribution is -0.141. The van der Waals surface area contributed by atoms with Crippen LogP contribution >= 0.6 is 0 Å². The highest BCUT2D eigenvalue weighted by Gasteiger charge is 2.48. The molecule has 0 saturated carbocycles. The summed E-state index contributed by atoms with van der Waals surface area (Å²) in [6.07, 6.45) is 0.759. The van der Waals surface area contributed by atoms with Gasteiger partial charge in [0.05, 0.1) is 38.6 Å². The Balaban J connectivity index is 1.70. The molecule has 0 amide bonds. The number of β-amino-alcohol motifs (C(OH)–C–C–N with tert-alkyl or cyclic N) is 1. The molecule has 1 aromatic rings. The summed E-state index contributed by atoms with van der Waals surface area (Å²) in [5.74, 6) is 1.70. The van der Waals surface area contributed by atoms with Crippen LogP contribution in [0.25, 0.3) is 0 Å². The number of hydrogen-bond donors (Lipinski definition) is 1. The lowest BCUT2D eigenvalue weighted by Gasteiger charge is -2.52. The van der Waals surface area contributed by atoms with Crippen molar-refractivity contribution in [2.45, 2.75) is 32.4 Å². The molecule has 1 N–H and O–H groups in total. The van der Waals surface area contributed by atoms with Crippen LogP contribution in [-0.4, -0.2) is 80.7 Å². The smallest absolute Gasteiger partial charge is 0.127 e. The van der Waals surface area contributed by atoms with Crippen molar-refractivity contribution >= 4 is 0 Å². The maximum Gasteiger partial charge on any atom is 0.127 e. The van der Waals surface area contributed by atoms with Gasteiger partial charge in [-0.3, -0.25) is 9.80 Å². The molecular weight excluding hydrogens is 344 g/mol. The number of benzene rings is 1. The number of likely N-dealkylation sites (tertiary alicyclic amines) is 1. The highest BCUT2D eigenvalue weighted by Crippen LogP contribution is 2.41. The SMILES string of the molecule is COc1cccc(OC)c1CN1CCC(O)(CN2CCOCC2)C(C)(C)C1. The Morgan fingerprint density at radius 3 is 2.22 bits per heavy atom. The zero-order chi connectivity index (χ0) is 19.5. The average Bonchev–Trinajstić information content (AvgIpc) is 2.66. The van der Waals surface area contributed by atoms with E-state index in [1.165, 1.54) is 0 Å². The molecule has 0 bridgehead atoms. The van der Waals surface area contributed by atoms with Crippen molar-refractivity contribution in [2.75, 3.05) is 60.2 Å². The third-order valence-electron chi connectivity index (χ3n) is 6.22. The predicted octanol–water partition coefficient (Wildman–Crippen LogP) is 2.00. The molecule has 1 atom stereocenters. The van der Waals surface area contributed by atoms with Crippen LogP contribution in [0.2, 0.25) is 0 Å². The lowest BCUT2D eigenvalue weighted by atomic mass is 9.69. The first-order valence-electron chi connectivity index (χ1n) is 9.83. The fourth-order valence-corrected chi connectivity index (χ4v) is 4.33. The summed E-state index contributed by atoms with van der Waals surface area (Å²) < 4.78 is 16.5. The second-order valence-corrected chi connectivity index (χ2v) is 8.41. The Morgan fingerprint density at radius 1 is 1.04 bits per heavy atom. The molecule has 2 aliphatic heterocycles. The summed E-state index contributed by atoms with van der Waals surface area (Å²) in [6, 6.07) is 5.89. The Hall–Kier alpha value is -1.34. The van der Waals surface area contributed by atoms with Gasteiger partial charge in [0.25, 0.3) is 0 Å². The van der Waals surface area contributed by atoms with Crippen LogP contribution in [0.1, 0.15) is 25.8 Å². The molecule has 6 nitrogen and oxygen atoms in total. The quantitative estimate of drug-likeness (QED) is 0.817. The minimum atomic E-state index is -0.689. The Morgan fingerprint density at radius 2 is 1.67 bits per heavy atom. The Bertz CT molecular complexity index is 608. The van der Waals surface area contributed by atoms with Gasteiger partial charge in [0, 0.05) is 44.7 Å². The predicted molar refractivity (Wildman–Crippen MR) is 105 cm³/mol. The fourth-order valence-electron chi connectivity index (χ4n) is 4.33. The molecular formula is C21H34N2O4. The number of rotatable bonds is 6. The van der Waals surface area contributed by atoms with E-state index in [0.29, 0.717) is 0 Å². The number of nitrogens with zero attached hydrogens (tertiary/aromatic N) is 2. The van der Waals surface area contributed by atoms with E-state index in [4.69, 9.17) is 14.2 Å². The Kier molecular flexibility index (Phi) is 6.31. The van der Waals surface area contributed by atoms with Gasteiger partial charge >= 0.3 is 0 Å². The van der Waals surface area contributed by atoms with E-state index in [0.717, 1.165) is 76.0 Å². The van der Waals surface area contributed by atoms with Gasteiger partial charge in [0.1, 0.15) is 11.5 Å². The number of methoxy groups -OCH3 is 2. The van der Waals surface area contributed by atoms with Crippen LogP contribution in [0.3, 0.4) is 0 Å². The second-order valence-electron chi connectivity index (χ2n) is 8.41. The standard InChI is InChI=1S/C21H34N2O4/c1-20(2)15-23(14-17-18(25-3)6-5-7-19(17)26-4)9-8-21(20,24)16-22-10-12-27-13-11-22/h5-7,24H,8-16H2,1-4H3. The van der Waals surface area contributed by atoms with E-state index in [1.807, 2.05) is 18.2 Å². The first kappa shape index (κ1) is 20.4. The summed E-state index contributed by atoms with van der Waals surface area (Å²) in [5.41, 5.74) is 0.168. The monoisotopic (exact) mass is 378 g/mol. The average molecular weight is 379 g/mol. The van der Waals surface area contributed by atoms with Crippen molar-refractivity contribution in [3.63, 3.8) is 0 Å². The van der Waals surface area contributed by atoms with Crippen LogP contribution < -0.4 is 9.47 Å². The second kappa shape index (κ2) is 8.35. The molecule has 1 unspecified atom stereocenters. The third kappa shape index (κ3) is 4.40. The van der Waals surface area contributed by atoms with E-state index >= 15 is 0 Å². The topological polar surface area (TPSA) is 54.4 Å². The van der Waals surface area contributed by atoms with Crippen molar-refractivity contribution in [3.8, 4) is 11.5 Å². The number of ether oxygens (including phenoxy) is 3. The molecule has 2 fully saturated rings. The number of morpholine rings is 1. The molecule has 0 spiro atoms. The normalized spacial score (nSPS) is 26.7. The molecule has 3 rings (SSSR count). The van der Waals surface area contributed by atoms with Gasteiger partial charge < -0.3 is 19.3 Å². The van der Waals surface area contributed by atoms with Crippen LogP contribution in [0.4, 0.5) is 0 Å².